The number of carboxylic acid groups (broad SMARTS) is 1. The van der Waals surface area contributed by atoms with Crippen LogP contribution in [0.25, 0.3) is 11.0 Å². The third kappa shape index (κ3) is 4.77. The predicted octanol–water partition coefficient (Wildman–Crippen LogP) is 3.75. The highest BCUT2D eigenvalue weighted by Gasteiger charge is 2.19. The van der Waals surface area contributed by atoms with E-state index in [4.69, 9.17) is 9.84 Å². The summed E-state index contributed by atoms with van der Waals surface area (Å²) >= 11 is 6.68. The summed E-state index contributed by atoms with van der Waals surface area (Å²) in [5.41, 5.74) is 1.38. The van der Waals surface area contributed by atoms with Gasteiger partial charge in [-0.05, 0) is 68.7 Å². The molecule has 1 unspecified atom stereocenters. The second kappa shape index (κ2) is 8.38. The SMILES string of the molecule is CNS(=O)(=O)c1nc2ccc(Oc3c(Br)cc(CC(F)C(=O)O)cc3Br)cc2[nH]1. The van der Waals surface area contributed by atoms with Crippen LogP contribution in [0.15, 0.2) is 44.4 Å². The molecule has 0 radical (unpaired) electrons. The Kier molecular flexibility index (Phi) is 6.27. The average Bonchev–Trinajstić information content (AvgIpc) is 3.09. The van der Waals surface area contributed by atoms with Crippen LogP contribution in [0, 0.1) is 0 Å². The molecular weight excluding hydrogens is 537 g/mol. The fourth-order valence-corrected chi connectivity index (χ4v) is 4.59. The molecule has 0 bridgehead atoms. The molecule has 1 atom stereocenters. The monoisotopic (exact) mass is 549 g/mol. The highest BCUT2D eigenvalue weighted by molar-refractivity contribution is 9.11. The van der Waals surface area contributed by atoms with Crippen molar-refractivity contribution in [3.63, 3.8) is 0 Å². The standard InChI is InChI=1S/C17H14Br2FN3O5S/c1-21-29(26,27)17-22-13-3-2-9(7-14(13)23-17)28-15-10(18)4-8(5-11(15)19)6-12(20)16(24)25/h2-5,7,12,21H,6H2,1H3,(H,22,23)(H,24,25). The van der Waals surface area contributed by atoms with Crippen LogP contribution >= 0.6 is 31.9 Å². The number of hydrogen-bond acceptors (Lipinski definition) is 5. The number of alkyl halides is 1. The molecule has 0 fully saturated rings. The highest BCUT2D eigenvalue weighted by atomic mass is 79.9. The molecule has 0 aliphatic heterocycles. The van der Waals surface area contributed by atoms with Crippen molar-refractivity contribution in [2.24, 2.45) is 0 Å². The molecule has 154 valence electrons. The van der Waals surface area contributed by atoms with Crippen LogP contribution < -0.4 is 9.46 Å². The van der Waals surface area contributed by atoms with Gasteiger partial charge in [-0.2, -0.15) is 0 Å². The Labute approximate surface area is 181 Å². The third-order valence-electron chi connectivity index (χ3n) is 3.92. The first-order chi connectivity index (χ1) is 13.6. The molecule has 0 spiro atoms. The number of fused-ring (bicyclic) bond motifs is 1. The molecule has 1 aromatic heterocycles. The lowest BCUT2D eigenvalue weighted by Gasteiger charge is -2.12. The fraction of sp³-hybridized carbons (Fsp3) is 0.176. The normalized spacial score (nSPS) is 12.8. The Morgan fingerprint density at radius 2 is 1.97 bits per heavy atom. The van der Waals surface area contributed by atoms with E-state index in [1.165, 1.54) is 7.05 Å². The van der Waals surface area contributed by atoms with E-state index >= 15 is 0 Å². The van der Waals surface area contributed by atoms with Gasteiger partial charge in [0.25, 0.3) is 10.0 Å². The molecule has 8 nitrogen and oxygen atoms in total. The minimum atomic E-state index is -3.71. The molecule has 3 rings (SSSR count). The zero-order valence-electron chi connectivity index (χ0n) is 14.7. The predicted molar refractivity (Wildman–Crippen MR) is 110 cm³/mol. The van der Waals surface area contributed by atoms with Gasteiger partial charge in [0.15, 0.2) is 5.75 Å². The van der Waals surface area contributed by atoms with Crippen molar-refractivity contribution in [2.75, 3.05) is 7.05 Å². The molecular formula is C17H14Br2FN3O5S. The zero-order valence-corrected chi connectivity index (χ0v) is 18.7. The number of carbonyl (C=O) groups is 1. The summed E-state index contributed by atoms with van der Waals surface area (Å²) < 4.78 is 46.2. The first-order valence-corrected chi connectivity index (χ1v) is 11.1. The molecule has 29 heavy (non-hydrogen) atoms. The minimum Gasteiger partial charge on any atom is -0.479 e. The van der Waals surface area contributed by atoms with Gasteiger partial charge in [0.05, 0.1) is 20.0 Å². The van der Waals surface area contributed by atoms with Crippen molar-refractivity contribution < 1.29 is 27.4 Å². The Morgan fingerprint density at radius 1 is 1.31 bits per heavy atom. The maximum absolute atomic E-state index is 13.5. The number of nitrogens with zero attached hydrogens (tertiary/aromatic N) is 1. The highest BCUT2D eigenvalue weighted by Crippen LogP contribution is 2.38. The number of H-pyrrole nitrogens is 1. The number of aliphatic carboxylic acids is 1. The van der Waals surface area contributed by atoms with Crippen LogP contribution in [0.5, 0.6) is 11.5 Å². The summed E-state index contributed by atoms with van der Waals surface area (Å²) in [7, 11) is -2.42. The molecule has 0 aliphatic carbocycles. The van der Waals surface area contributed by atoms with E-state index in [0.717, 1.165) is 0 Å². The molecule has 0 saturated carbocycles. The summed E-state index contributed by atoms with van der Waals surface area (Å²) in [6.45, 7) is 0. The van der Waals surface area contributed by atoms with Gasteiger partial charge in [0.1, 0.15) is 5.75 Å². The van der Waals surface area contributed by atoms with Crippen molar-refractivity contribution in [3.8, 4) is 11.5 Å². The van der Waals surface area contributed by atoms with Crippen LogP contribution in [0.3, 0.4) is 0 Å². The number of aromatic amines is 1. The number of imidazole rings is 1. The summed E-state index contributed by atoms with van der Waals surface area (Å²) in [5.74, 6) is -0.732. The maximum atomic E-state index is 13.5. The van der Waals surface area contributed by atoms with Crippen LogP contribution in [0.2, 0.25) is 0 Å². The van der Waals surface area contributed by atoms with Crippen molar-refractivity contribution in [3.05, 3.63) is 44.8 Å². The van der Waals surface area contributed by atoms with Crippen molar-refractivity contribution in [1.82, 2.24) is 14.7 Å². The van der Waals surface area contributed by atoms with Crippen LogP contribution in [0.4, 0.5) is 4.39 Å². The third-order valence-corrected chi connectivity index (χ3v) is 6.33. The lowest BCUT2D eigenvalue weighted by molar-refractivity contribution is -0.142. The van der Waals surface area contributed by atoms with Crippen LogP contribution in [0.1, 0.15) is 5.56 Å². The first-order valence-electron chi connectivity index (χ1n) is 8.06. The van der Waals surface area contributed by atoms with Gasteiger partial charge >= 0.3 is 5.97 Å². The topological polar surface area (TPSA) is 121 Å². The Bertz CT molecular complexity index is 1180. The molecule has 0 amide bonds. The molecule has 0 aliphatic rings. The maximum Gasteiger partial charge on any atom is 0.338 e. The molecule has 2 aromatic carbocycles. The Balaban J connectivity index is 1.89. The molecule has 1 heterocycles. The van der Waals surface area contributed by atoms with E-state index in [1.807, 2.05) is 0 Å². The quantitative estimate of drug-likeness (QED) is 0.412. The van der Waals surface area contributed by atoms with Gasteiger partial charge in [0, 0.05) is 12.5 Å². The van der Waals surface area contributed by atoms with Gasteiger partial charge in [-0.3, -0.25) is 0 Å². The van der Waals surface area contributed by atoms with Gasteiger partial charge in [0.2, 0.25) is 11.3 Å². The number of hydrogen-bond donors (Lipinski definition) is 3. The van der Waals surface area contributed by atoms with E-state index in [9.17, 15) is 17.6 Å². The molecule has 12 heteroatoms. The van der Waals surface area contributed by atoms with E-state index in [2.05, 4.69) is 46.5 Å². The van der Waals surface area contributed by atoms with Crippen molar-refractivity contribution in [1.29, 1.82) is 0 Å². The number of carboxylic acids is 1. The van der Waals surface area contributed by atoms with E-state index in [1.54, 1.807) is 30.3 Å². The number of ether oxygens (including phenoxy) is 1. The summed E-state index contributed by atoms with van der Waals surface area (Å²) in [5, 5.41) is 8.50. The Morgan fingerprint density at radius 3 is 2.55 bits per heavy atom. The lowest BCUT2D eigenvalue weighted by Crippen LogP contribution is -2.19. The summed E-state index contributed by atoms with van der Waals surface area (Å²) in [6.07, 6.45) is -2.29. The second-order valence-corrected chi connectivity index (χ2v) is 9.44. The zero-order chi connectivity index (χ0) is 21.3. The largest absolute Gasteiger partial charge is 0.479 e. The average molecular weight is 551 g/mol. The van der Waals surface area contributed by atoms with Gasteiger partial charge < -0.3 is 14.8 Å². The van der Waals surface area contributed by atoms with E-state index in [-0.39, 0.29) is 11.6 Å². The number of sulfonamides is 1. The minimum absolute atomic E-state index is 0.210. The molecule has 3 aromatic rings. The van der Waals surface area contributed by atoms with E-state index < -0.39 is 22.2 Å². The second-order valence-electron chi connectivity index (χ2n) is 5.93. The summed E-state index contributed by atoms with van der Waals surface area (Å²) in [4.78, 5) is 17.4. The summed E-state index contributed by atoms with van der Waals surface area (Å²) in [6, 6.07) is 7.95. The number of halogens is 3. The lowest BCUT2D eigenvalue weighted by atomic mass is 10.1. The van der Waals surface area contributed by atoms with Gasteiger partial charge in [-0.25, -0.2) is 27.3 Å². The number of benzene rings is 2. The van der Waals surface area contributed by atoms with Crippen molar-refractivity contribution >= 4 is 58.9 Å². The smallest absolute Gasteiger partial charge is 0.338 e. The number of nitrogens with one attached hydrogen (secondary N) is 2. The number of aromatic nitrogens is 2. The first kappa shape index (κ1) is 21.7. The molecule has 0 saturated heterocycles. The molecule has 3 N–H and O–H groups in total. The van der Waals surface area contributed by atoms with Gasteiger partial charge in [-0.1, -0.05) is 0 Å². The van der Waals surface area contributed by atoms with Crippen LogP contribution in [-0.2, 0) is 21.2 Å². The number of rotatable bonds is 7. The van der Waals surface area contributed by atoms with Crippen LogP contribution in [-0.4, -0.2) is 42.7 Å². The van der Waals surface area contributed by atoms with Gasteiger partial charge in [-0.15, -0.1) is 0 Å². The fourth-order valence-electron chi connectivity index (χ4n) is 2.49. The van der Waals surface area contributed by atoms with Crippen molar-refractivity contribution in [2.45, 2.75) is 17.7 Å². The Hall–Kier alpha value is -2.02. The van der Waals surface area contributed by atoms with E-state index in [0.29, 0.717) is 37.0 Å².